The van der Waals surface area contributed by atoms with Crippen LogP contribution in [-0.4, -0.2) is 5.91 Å². The highest BCUT2D eigenvalue weighted by atomic mass is 35.5. The summed E-state index contributed by atoms with van der Waals surface area (Å²) in [5, 5.41) is 3.84. The van der Waals surface area contributed by atoms with Gasteiger partial charge in [0.15, 0.2) is 0 Å². The molecular formula is C18H17ClFNO. The maximum absolute atomic E-state index is 12.9. The normalized spacial score (nSPS) is 15.9. The fraction of sp³-hybridized carbons (Fsp3) is 0.278. The van der Waals surface area contributed by atoms with Crippen molar-refractivity contribution in [1.82, 2.24) is 5.32 Å². The van der Waals surface area contributed by atoms with Crippen LogP contribution in [-0.2, 0) is 16.8 Å². The summed E-state index contributed by atoms with van der Waals surface area (Å²) >= 11 is 5.93. The first-order valence-electron chi connectivity index (χ1n) is 7.39. The molecule has 2 aromatic rings. The molecule has 0 radical (unpaired) electrons. The Morgan fingerprint density at radius 2 is 1.73 bits per heavy atom. The lowest BCUT2D eigenvalue weighted by Gasteiger charge is -2.43. The zero-order valence-corrected chi connectivity index (χ0v) is 12.9. The molecule has 1 aliphatic rings. The van der Waals surface area contributed by atoms with Gasteiger partial charge in [-0.1, -0.05) is 35.9 Å². The predicted octanol–water partition coefficient (Wildman–Crippen LogP) is 4.22. The highest BCUT2D eigenvalue weighted by Gasteiger charge is 2.39. The van der Waals surface area contributed by atoms with Crippen molar-refractivity contribution >= 4 is 17.5 Å². The van der Waals surface area contributed by atoms with Crippen molar-refractivity contribution in [2.24, 2.45) is 0 Å². The van der Waals surface area contributed by atoms with Crippen LogP contribution in [0.15, 0.2) is 48.5 Å². The van der Waals surface area contributed by atoms with Crippen LogP contribution >= 0.6 is 11.6 Å². The molecule has 0 atom stereocenters. The minimum absolute atomic E-state index is 0.0405. The lowest BCUT2D eigenvalue weighted by Crippen LogP contribution is -2.51. The predicted molar refractivity (Wildman–Crippen MR) is 85.2 cm³/mol. The molecule has 1 saturated carbocycles. The van der Waals surface area contributed by atoms with E-state index < -0.39 is 0 Å². The van der Waals surface area contributed by atoms with Crippen molar-refractivity contribution in [3.8, 4) is 0 Å². The Hall–Kier alpha value is -1.87. The first kappa shape index (κ1) is 15.0. The number of rotatable bonds is 4. The van der Waals surface area contributed by atoms with Crippen molar-refractivity contribution in [2.75, 3.05) is 0 Å². The van der Waals surface area contributed by atoms with E-state index in [1.807, 2.05) is 24.3 Å². The van der Waals surface area contributed by atoms with Gasteiger partial charge in [-0.15, -0.1) is 0 Å². The number of benzene rings is 2. The molecule has 0 aliphatic heterocycles. The van der Waals surface area contributed by atoms with Crippen molar-refractivity contribution in [2.45, 2.75) is 31.2 Å². The fourth-order valence-electron chi connectivity index (χ4n) is 2.88. The molecular weight excluding hydrogens is 301 g/mol. The summed E-state index contributed by atoms with van der Waals surface area (Å²) in [5.41, 5.74) is 1.63. The monoisotopic (exact) mass is 317 g/mol. The van der Waals surface area contributed by atoms with Gasteiger partial charge in [0.1, 0.15) is 5.82 Å². The third-order valence-corrected chi connectivity index (χ3v) is 4.51. The van der Waals surface area contributed by atoms with E-state index in [4.69, 9.17) is 11.6 Å². The summed E-state index contributed by atoms with van der Waals surface area (Å²) in [7, 11) is 0. The first-order chi connectivity index (χ1) is 10.6. The molecule has 4 heteroatoms. The summed E-state index contributed by atoms with van der Waals surface area (Å²) in [4.78, 5) is 12.3. The molecule has 22 heavy (non-hydrogen) atoms. The van der Waals surface area contributed by atoms with Crippen molar-refractivity contribution in [3.63, 3.8) is 0 Å². The third-order valence-electron chi connectivity index (χ3n) is 4.26. The number of hydrogen-bond acceptors (Lipinski definition) is 1. The topological polar surface area (TPSA) is 29.1 Å². The van der Waals surface area contributed by atoms with Crippen LogP contribution in [0.2, 0.25) is 5.02 Å². The Labute approximate surface area is 134 Å². The van der Waals surface area contributed by atoms with E-state index in [0.29, 0.717) is 5.02 Å². The Morgan fingerprint density at radius 1 is 1.09 bits per heavy atom. The van der Waals surface area contributed by atoms with E-state index in [9.17, 15) is 9.18 Å². The van der Waals surface area contributed by atoms with E-state index in [1.165, 1.54) is 12.1 Å². The summed E-state index contributed by atoms with van der Waals surface area (Å²) in [6.07, 6.45) is 3.22. The standard InChI is InChI=1S/C18H17ClFNO/c19-15-6-4-14(5-7-15)18(10-1-11-18)21-17(22)12-13-2-8-16(20)9-3-13/h2-9H,1,10-12H2,(H,21,22). The zero-order valence-electron chi connectivity index (χ0n) is 12.1. The molecule has 2 aromatic carbocycles. The van der Waals surface area contributed by atoms with Gasteiger partial charge in [-0.2, -0.15) is 0 Å². The van der Waals surface area contributed by atoms with E-state index in [1.54, 1.807) is 12.1 Å². The number of nitrogens with one attached hydrogen (secondary N) is 1. The minimum Gasteiger partial charge on any atom is -0.346 e. The summed E-state index contributed by atoms with van der Waals surface area (Å²) < 4.78 is 12.9. The number of halogens is 2. The van der Waals surface area contributed by atoms with Crippen molar-refractivity contribution in [3.05, 3.63) is 70.5 Å². The van der Waals surface area contributed by atoms with Crippen molar-refractivity contribution in [1.29, 1.82) is 0 Å². The Kier molecular flexibility index (Phi) is 4.16. The SMILES string of the molecule is O=C(Cc1ccc(F)cc1)NC1(c2ccc(Cl)cc2)CCC1. The summed E-state index contributed by atoms with van der Waals surface area (Å²) in [6, 6.07) is 13.7. The molecule has 0 saturated heterocycles. The molecule has 1 N–H and O–H groups in total. The van der Waals surface area contributed by atoms with Crippen LogP contribution in [0.3, 0.4) is 0 Å². The average Bonchev–Trinajstić information content (AvgIpc) is 2.46. The highest BCUT2D eigenvalue weighted by molar-refractivity contribution is 6.30. The van der Waals surface area contributed by atoms with Gasteiger partial charge >= 0.3 is 0 Å². The molecule has 0 bridgehead atoms. The second-order valence-corrected chi connectivity index (χ2v) is 6.23. The molecule has 0 aromatic heterocycles. The Morgan fingerprint density at radius 3 is 2.27 bits per heavy atom. The van der Waals surface area contributed by atoms with Gasteiger partial charge in [0.25, 0.3) is 0 Å². The minimum atomic E-state index is -0.291. The third kappa shape index (κ3) is 3.14. The lowest BCUT2D eigenvalue weighted by atomic mass is 9.71. The maximum atomic E-state index is 12.9. The highest BCUT2D eigenvalue weighted by Crippen LogP contribution is 2.41. The van der Waals surface area contributed by atoms with Crippen LogP contribution in [0.4, 0.5) is 4.39 Å². The maximum Gasteiger partial charge on any atom is 0.225 e. The second-order valence-electron chi connectivity index (χ2n) is 5.79. The second kappa shape index (κ2) is 6.09. The molecule has 1 aliphatic carbocycles. The lowest BCUT2D eigenvalue weighted by molar-refractivity contribution is -0.123. The smallest absolute Gasteiger partial charge is 0.225 e. The fourth-order valence-corrected chi connectivity index (χ4v) is 3.01. The first-order valence-corrected chi connectivity index (χ1v) is 7.77. The molecule has 2 nitrogen and oxygen atoms in total. The van der Waals surface area contributed by atoms with E-state index >= 15 is 0 Å². The average molecular weight is 318 g/mol. The number of carbonyl (C=O) groups excluding carboxylic acids is 1. The molecule has 0 heterocycles. The molecule has 3 rings (SSSR count). The number of hydrogen-bond donors (Lipinski definition) is 1. The van der Waals surface area contributed by atoms with E-state index in [2.05, 4.69) is 5.32 Å². The largest absolute Gasteiger partial charge is 0.346 e. The van der Waals surface area contributed by atoms with Gasteiger partial charge in [0.05, 0.1) is 12.0 Å². The summed E-state index contributed by atoms with van der Waals surface area (Å²) in [5.74, 6) is -0.331. The van der Waals surface area contributed by atoms with Gasteiger partial charge in [0, 0.05) is 5.02 Å². The quantitative estimate of drug-likeness (QED) is 0.899. The van der Waals surface area contributed by atoms with Gasteiger partial charge in [-0.25, -0.2) is 4.39 Å². The van der Waals surface area contributed by atoms with Gasteiger partial charge in [-0.05, 0) is 54.7 Å². The molecule has 0 unspecified atom stereocenters. The van der Waals surface area contributed by atoms with Gasteiger partial charge in [-0.3, -0.25) is 4.79 Å². The number of amides is 1. The van der Waals surface area contributed by atoms with Gasteiger partial charge < -0.3 is 5.32 Å². The van der Waals surface area contributed by atoms with Crippen LogP contribution in [0.1, 0.15) is 30.4 Å². The van der Waals surface area contributed by atoms with E-state index in [-0.39, 0.29) is 23.7 Å². The zero-order chi connectivity index (χ0) is 15.6. The molecule has 114 valence electrons. The van der Waals surface area contributed by atoms with Crippen molar-refractivity contribution < 1.29 is 9.18 Å². The molecule has 1 fully saturated rings. The summed E-state index contributed by atoms with van der Waals surface area (Å²) in [6.45, 7) is 0. The van der Waals surface area contributed by atoms with Crippen LogP contribution in [0.5, 0.6) is 0 Å². The molecule has 0 spiro atoms. The van der Waals surface area contributed by atoms with Crippen LogP contribution < -0.4 is 5.32 Å². The van der Waals surface area contributed by atoms with E-state index in [0.717, 1.165) is 30.4 Å². The Balaban J connectivity index is 1.71. The van der Waals surface area contributed by atoms with Crippen LogP contribution in [0.25, 0.3) is 0 Å². The van der Waals surface area contributed by atoms with Gasteiger partial charge in [0.2, 0.25) is 5.91 Å². The molecule has 1 amide bonds. The number of carbonyl (C=O) groups is 1. The Bertz CT molecular complexity index is 662. The van der Waals surface area contributed by atoms with Crippen LogP contribution in [0, 0.1) is 5.82 Å².